The number of guanidine groups is 1. The fourth-order valence-electron chi connectivity index (χ4n) is 3.14. The molecule has 0 aliphatic carbocycles. The average Bonchev–Trinajstić information content (AvgIpc) is 2.74. The van der Waals surface area contributed by atoms with Crippen LogP contribution < -0.4 is 10.6 Å². The van der Waals surface area contributed by atoms with Crippen molar-refractivity contribution in [2.75, 3.05) is 72.9 Å². The smallest absolute Gasteiger partial charge is 0.191 e. The van der Waals surface area contributed by atoms with Gasteiger partial charge in [0.05, 0.1) is 39.0 Å². The van der Waals surface area contributed by atoms with Crippen molar-refractivity contribution in [2.24, 2.45) is 4.99 Å². The minimum Gasteiger partial charge on any atom is -0.382 e. The molecule has 0 bridgehead atoms. The Morgan fingerprint density at radius 1 is 1.14 bits per heavy atom. The lowest BCUT2D eigenvalue weighted by atomic mass is 10.1. The number of nitrogens with one attached hydrogen (secondary N) is 2. The molecule has 1 saturated heterocycles. The van der Waals surface area contributed by atoms with Crippen molar-refractivity contribution in [3.8, 4) is 0 Å². The molecule has 1 atom stereocenters. The largest absolute Gasteiger partial charge is 0.382 e. The van der Waals surface area contributed by atoms with Crippen LogP contribution in [-0.2, 0) is 14.2 Å². The third kappa shape index (κ3) is 8.56. The first kappa shape index (κ1) is 22.6. The summed E-state index contributed by atoms with van der Waals surface area (Å²) in [6.45, 7) is 9.92. The first-order chi connectivity index (χ1) is 13.8. The molecule has 0 aromatic heterocycles. The van der Waals surface area contributed by atoms with Gasteiger partial charge in [0.15, 0.2) is 5.96 Å². The van der Waals surface area contributed by atoms with Crippen molar-refractivity contribution in [3.63, 3.8) is 0 Å². The number of methoxy groups -OCH3 is 1. The summed E-state index contributed by atoms with van der Waals surface area (Å²) < 4.78 is 16.0. The van der Waals surface area contributed by atoms with Gasteiger partial charge in [-0.2, -0.15) is 0 Å². The van der Waals surface area contributed by atoms with Gasteiger partial charge >= 0.3 is 0 Å². The maximum absolute atomic E-state index is 5.53. The Labute approximate surface area is 169 Å². The highest BCUT2D eigenvalue weighted by molar-refractivity contribution is 5.79. The van der Waals surface area contributed by atoms with Crippen LogP contribution in [0.1, 0.15) is 24.9 Å². The molecule has 0 amide bonds. The molecule has 1 heterocycles. The van der Waals surface area contributed by atoms with E-state index in [1.807, 2.05) is 0 Å². The highest BCUT2D eigenvalue weighted by atomic mass is 16.5. The first-order valence-corrected chi connectivity index (χ1v) is 10.3. The van der Waals surface area contributed by atoms with E-state index in [0.29, 0.717) is 19.8 Å². The second kappa shape index (κ2) is 14.3. The standard InChI is InChI=1S/C21H36N4O3/c1-3-22-21(23-10-7-13-27-17-16-26-2)24-18-20(19-8-5-4-6-9-19)25-11-14-28-15-12-25/h4-6,8-9,20H,3,7,10-18H2,1-2H3,(H2,22,23,24). The van der Waals surface area contributed by atoms with E-state index >= 15 is 0 Å². The van der Waals surface area contributed by atoms with Gasteiger partial charge in [-0.15, -0.1) is 0 Å². The van der Waals surface area contributed by atoms with Crippen LogP contribution in [0.4, 0.5) is 0 Å². The van der Waals surface area contributed by atoms with E-state index in [9.17, 15) is 0 Å². The Morgan fingerprint density at radius 2 is 1.93 bits per heavy atom. The van der Waals surface area contributed by atoms with E-state index in [1.54, 1.807) is 7.11 Å². The molecule has 7 heteroatoms. The molecule has 0 radical (unpaired) electrons. The van der Waals surface area contributed by atoms with Crippen LogP contribution in [0.25, 0.3) is 0 Å². The first-order valence-electron chi connectivity index (χ1n) is 10.3. The number of nitrogens with zero attached hydrogens (tertiary/aromatic N) is 2. The highest BCUT2D eigenvalue weighted by Gasteiger charge is 2.22. The zero-order valence-electron chi connectivity index (χ0n) is 17.4. The van der Waals surface area contributed by atoms with Crippen molar-refractivity contribution in [3.05, 3.63) is 35.9 Å². The zero-order chi connectivity index (χ0) is 19.9. The fraction of sp³-hybridized carbons (Fsp3) is 0.667. The summed E-state index contributed by atoms with van der Waals surface area (Å²) in [4.78, 5) is 7.33. The Balaban J connectivity index is 1.88. The lowest BCUT2D eigenvalue weighted by Gasteiger charge is -2.34. The van der Waals surface area contributed by atoms with Crippen LogP contribution in [0.5, 0.6) is 0 Å². The van der Waals surface area contributed by atoms with Gasteiger partial charge in [-0.25, -0.2) is 0 Å². The van der Waals surface area contributed by atoms with Gasteiger partial charge in [-0.1, -0.05) is 30.3 Å². The van der Waals surface area contributed by atoms with Crippen LogP contribution in [0.2, 0.25) is 0 Å². The summed E-state index contributed by atoms with van der Waals surface area (Å²) in [6, 6.07) is 10.9. The van der Waals surface area contributed by atoms with E-state index in [2.05, 4.69) is 52.8 Å². The molecule has 1 aromatic rings. The molecular formula is C21H36N4O3. The minimum absolute atomic E-state index is 0.262. The monoisotopic (exact) mass is 392 g/mol. The third-order valence-corrected chi connectivity index (χ3v) is 4.63. The Morgan fingerprint density at radius 3 is 2.64 bits per heavy atom. The van der Waals surface area contributed by atoms with Gasteiger partial charge in [0, 0.05) is 39.9 Å². The topological polar surface area (TPSA) is 67.4 Å². The van der Waals surface area contributed by atoms with Crippen LogP contribution >= 0.6 is 0 Å². The van der Waals surface area contributed by atoms with E-state index in [4.69, 9.17) is 19.2 Å². The molecule has 1 unspecified atom stereocenters. The lowest BCUT2D eigenvalue weighted by Crippen LogP contribution is -2.42. The number of aliphatic imine (C=N–C) groups is 1. The normalized spacial score (nSPS) is 16.7. The quantitative estimate of drug-likeness (QED) is 0.320. The molecule has 1 aromatic carbocycles. The predicted octanol–water partition coefficient (Wildman–Crippen LogP) is 1.67. The van der Waals surface area contributed by atoms with E-state index in [0.717, 1.165) is 58.4 Å². The van der Waals surface area contributed by atoms with Crippen LogP contribution in [0.3, 0.4) is 0 Å². The predicted molar refractivity (Wildman–Crippen MR) is 113 cm³/mol. The summed E-state index contributed by atoms with van der Waals surface area (Å²) in [5.41, 5.74) is 1.30. The molecule has 2 rings (SSSR count). The molecule has 1 aliphatic rings. The molecule has 158 valence electrons. The molecule has 1 aliphatic heterocycles. The van der Waals surface area contributed by atoms with Crippen molar-refractivity contribution < 1.29 is 14.2 Å². The van der Waals surface area contributed by atoms with Crippen molar-refractivity contribution >= 4 is 5.96 Å². The van der Waals surface area contributed by atoms with Crippen LogP contribution in [-0.4, -0.2) is 83.7 Å². The van der Waals surface area contributed by atoms with E-state index in [-0.39, 0.29) is 6.04 Å². The average molecular weight is 393 g/mol. The number of ether oxygens (including phenoxy) is 3. The molecule has 2 N–H and O–H groups in total. The number of benzene rings is 1. The minimum atomic E-state index is 0.262. The van der Waals surface area contributed by atoms with Gasteiger partial charge in [0.1, 0.15) is 0 Å². The fourth-order valence-corrected chi connectivity index (χ4v) is 3.14. The molecule has 0 saturated carbocycles. The number of morpholine rings is 1. The summed E-state index contributed by atoms with van der Waals surface area (Å²) in [6.07, 6.45) is 0.930. The second-order valence-corrected chi connectivity index (χ2v) is 6.68. The van der Waals surface area contributed by atoms with Gasteiger partial charge < -0.3 is 24.8 Å². The van der Waals surface area contributed by atoms with Gasteiger partial charge in [-0.3, -0.25) is 9.89 Å². The Bertz CT molecular complexity index is 536. The maximum Gasteiger partial charge on any atom is 0.191 e. The van der Waals surface area contributed by atoms with E-state index < -0.39 is 0 Å². The highest BCUT2D eigenvalue weighted by Crippen LogP contribution is 2.22. The van der Waals surface area contributed by atoms with Crippen molar-refractivity contribution in [1.82, 2.24) is 15.5 Å². The van der Waals surface area contributed by atoms with Gasteiger partial charge in [0.2, 0.25) is 0 Å². The van der Waals surface area contributed by atoms with Crippen molar-refractivity contribution in [1.29, 1.82) is 0 Å². The molecule has 28 heavy (non-hydrogen) atoms. The zero-order valence-corrected chi connectivity index (χ0v) is 17.4. The molecule has 7 nitrogen and oxygen atoms in total. The maximum atomic E-state index is 5.53. The molecular weight excluding hydrogens is 356 g/mol. The molecule has 1 fully saturated rings. The SMILES string of the molecule is CCNC(=NCC(c1ccccc1)N1CCOCC1)NCCCOCCOC. The summed E-state index contributed by atoms with van der Waals surface area (Å²) in [7, 11) is 1.68. The van der Waals surface area contributed by atoms with Crippen molar-refractivity contribution in [2.45, 2.75) is 19.4 Å². The van der Waals surface area contributed by atoms with Gasteiger partial charge in [-0.05, 0) is 18.9 Å². The number of hydrogen-bond acceptors (Lipinski definition) is 5. The second-order valence-electron chi connectivity index (χ2n) is 6.68. The van der Waals surface area contributed by atoms with E-state index in [1.165, 1.54) is 5.56 Å². The lowest BCUT2D eigenvalue weighted by molar-refractivity contribution is 0.0179. The van der Waals surface area contributed by atoms with Gasteiger partial charge in [0.25, 0.3) is 0 Å². The summed E-state index contributed by atoms with van der Waals surface area (Å²) in [5, 5.41) is 6.74. The molecule has 0 spiro atoms. The number of hydrogen-bond donors (Lipinski definition) is 2. The Hall–Kier alpha value is -1.67. The summed E-state index contributed by atoms with van der Waals surface area (Å²) in [5.74, 6) is 0.855. The third-order valence-electron chi connectivity index (χ3n) is 4.63. The number of rotatable bonds is 12. The Kier molecular flexibility index (Phi) is 11.6. The summed E-state index contributed by atoms with van der Waals surface area (Å²) >= 11 is 0. The van der Waals surface area contributed by atoms with Crippen LogP contribution in [0.15, 0.2) is 35.3 Å². The van der Waals surface area contributed by atoms with Crippen LogP contribution in [0, 0.1) is 0 Å².